The first kappa shape index (κ1) is 19.6. The van der Waals surface area contributed by atoms with E-state index in [0.717, 1.165) is 49.8 Å². The lowest BCUT2D eigenvalue weighted by Crippen LogP contribution is -2.47. The van der Waals surface area contributed by atoms with E-state index >= 15 is 0 Å². The number of hydrogen-bond acceptors (Lipinski definition) is 4. The Bertz CT molecular complexity index is 905. The number of H-pyrrole nitrogens is 1. The molecule has 2 aliphatic heterocycles. The number of nitrogens with one attached hydrogen (secondary N) is 1. The highest BCUT2D eigenvalue weighted by atomic mass is 32.2. The fraction of sp³-hybridized carbons (Fsp3) is 0.684. The van der Waals surface area contributed by atoms with Crippen molar-refractivity contribution in [1.82, 2.24) is 18.5 Å². The highest BCUT2D eigenvalue weighted by Gasteiger charge is 2.33. The monoisotopic (exact) mass is 408 g/mol. The van der Waals surface area contributed by atoms with Crippen molar-refractivity contribution in [2.75, 3.05) is 39.3 Å². The van der Waals surface area contributed by atoms with Gasteiger partial charge in [-0.3, -0.25) is 9.59 Å². The molecule has 28 heavy (non-hydrogen) atoms. The maximum Gasteiger partial charge on any atom is 0.282 e. The van der Waals surface area contributed by atoms with Crippen LogP contribution in [0.5, 0.6) is 0 Å². The Morgan fingerprint density at radius 2 is 1.57 bits per heavy atom. The molecule has 3 heterocycles. The summed E-state index contributed by atoms with van der Waals surface area (Å²) >= 11 is 0. The third-order valence-electron chi connectivity index (χ3n) is 6.03. The molecular formula is C19H28N4O4S. The molecule has 0 atom stereocenters. The van der Waals surface area contributed by atoms with E-state index in [1.54, 1.807) is 15.3 Å². The lowest BCUT2D eigenvalue weighted by molar-refractivity contribution is 0.0762. The maximum absolute atomic E-state index is 13.0. The molecule has 1 aromatic rings. The van der Waals surface area contributed by atoms with Gasteiger partial charge in [-0.1, -0.05) is 6.42 Å². The van der Waals surface area contributed by atoms with Crippen LogP contribution in [0.25, 0.3) is 0 Å². The summed E-state index contributed by atoms with van der Waals surface area (Å²) in [5.41, 5.74) is 1.82. The van der Waals surface area contributed by atoms with Crippen molar-refractivity contribution in [1.29, 1.82) is 0 Å². The van der Waals surface area contributed by atoms with Gasteiger partial charge in [-0.15, -0.1) is 0 Å². The summed E-state index contributed by atoms with van der Waals surface area (Å²) in [5.74, 6) is -0.298. The molecule has 3 aliphatic rings. The average Bonchev–Trinajstić information content (AvgIpc) is 2.99. The molecule has 2 saturated heterocycles. The molecule has 4 rings (SSSR count). The van der Waals surface area contributed by atoms with Gasteiger partial charge in [-0.25, -0.2) is 0 Å². The van der Waals surface area contributed by atoms with E-state index in [4.69, 9.17) is 0 Å². The molecule has 1 aliphatic carbocycles. The minimum absolute atomic E-state index is 0.174. The van der Waals surface area contributed by atoms with Crippen LogP contribution in [-0.4, -0.2) is 72.1 Å². The molecule has 154 valence electrons. The maximum atomic E-state index is 13.0. The van der Waals surface area contributed by atoms with E-state index < -0.39 is 10.2 Å². The van der Waals surface area contributed by atoms with E-state index in [-0.39, 0.29) is 23.6 Å². The summed E-state index contributed by atoms with van der Waals surface area (Å²) in [7, 11) is -3.48. The third-order valence-corrected chi connectivity index (χ3v) is 8.06. The summed E-state index contributed by atoms with van der Waals surface area (Å²) < 4.78 is 28.9. The van der Waals surface area contributed by atoms with E-state index in [2.05, 4.69) is 4.98 Å². The van der Waals surface area contributed by atoms with Gasteiger partial charge >= 0.3 is 0 Å². The minimum Gasteiger partial charge on any atom is -0.337 e. The van der Waals surface area contributed by atoms with E-state index in [9.17, 15) is 18.0 Å². The number of hydrogen-bond donors (Lipinski definition) is 1. The Balaban J connectivity index is 1.47. The molecule has 0 saturated carbocycles. The Morgan fingerprint density at radius 1 is 0.857 bits per heavy atom. The van der Waals surface area contributed by atoms with Crippen LogP contribution in [0.15, 0.2) is 10.9 Å². The Kier molecular flexibility index (Phi) is 5.57. The number of aromatic nitrogens is 1. The molecule has 0 spiro atoms. The van der Waals surface area contributed by atoms with Crippen LogP contribution in [-0.2, 0) is 23.1 Å². The van der Waals surface area contributed by atoms with E-state index in [1.807, 2.05) is 0 Å². The van der Waals surface area contributed by atoms with Crippen LogP contribution >= 0.6 is 0 Å². The number of carbonyl (C=O) groups is 1. The average molecular weight is 409 g/mol. The summed E-state index contributed by atoms with van der Waals surface area (Å²) in [5, 5.41) is 0. The van der Waals surface area contributed by atoms with Crippen molar-refractivity contribution in [3.8, 4) is 0 Å². The molecular weight excluding hydrogens is 380 g/mol. The Hall–Kier alpha value is -1.71. The third kappa shape index (κ3) is 3.75. The van der Waals surface area contributed by atoms with Gasteiger partial charge in [0.15, 0.2) is 0 Å². The van der Waals surface area contributed by atoms with Gasteiger partial charge in [0.05, 0.1) is 0 Å². The summed E-state index contributed by atoms with van der Waals surface area (Å²) in [4.78, 5) is 29.8. The van der Waals surface area contributed by atoms with Gasteiger partial charge in [0.25, 0.3) is 21.7 Å². The molecule has 2 fully saturated rings. The molecule has 0 radical (unpaired) electrons. The van der Waals surface area contributed by atoms with Gasteiger partial charge in [0.1, 0.15) is 5.56 Å². The van der Waals surface area contributed by atoms with Crippen LogP contribution in [0, 0.1) is 0 Å². The fourth-order valence-electron chi connectivity index (χ4n) is 4.43. The molecule has 0 aromatic carbocycles. The van der Waals surface area contributed by atoms with Crippen molar-refractivity contribution in [3.05, 3.63) is 33.2 Å². The largest absolute Gasteiger partial charge is 0.337 e. The zero-order valence-electron chi connectivity index (χ0n) is 16.2. The van der Waals surface area contributed by atoms with Crippen LogP contribution in [0.2, 0.25) is 0 Å². The summed E-state index contributed by atoms with van der Waals surface area (Å²) in [6.45, 7) is 2.60. The fourth-order valence-corrected chi connectivity index (χ4v) is 6.15. The molecule has 1 aromatic heterocycles. The highest BCUT2D eigenvalue weighted by Crippen LogP contribution is 2.21. The topological polar surface area (TPSA) is 93.8 Å². The second-order valence-corrected chi connectivity index (χ2v) is 9.81. The molecule has 9 heteroatoms. The van der Waals surface area contributed by atoms with Crippen molar-refractivity contribution in [2.24, 2.45) is 0 Å². The van der Waals surface area contributed by atoms with E-state index in [0.29, 0.717) is 39.1 Å². The first-order valence-electron chi connectivity index (χ1n) is 10.3. The van der Waals surface area contributed by atoms with Crippen molar-refractivity contribution in [3.63, 3.8) is 0 Å². The number of fused-ring (bicyclic) bond motifs is 1. The quantitative estimate of drug-likeness (QED) is 0.798. The minimum atomic E-state index is -3.48. The SMILES string of the molecule is O=C(c1cc2c([nH]c1=O)CCC2)N1CCCN(S(=O)(=O)N2CCCCC2)CC1. The zero-order valence-corrected chi connectivity index (χ0v) is 17.0. The molecule has 1 amide bonds. The molecule has 0 unspecified atom stereocenters. The number of amides is 1. The van der Waals surface area contributed by atoms with Gasteiger partial charge in [0.2, 0.25) is 0 Å². The first-order valence-corrected chi connectivity index (χ1v) is 11.7. The number of aromatic amines is 1. The second kappa shape index (κ2) is 7.96. The highest BCUT2D eigenvalue weighted by molar-refractivity contribution is 7.86. The van der Waals surface area contributed by atoms with Gasteiger partial charge in [-0.2, -0.15) is 17.0 Å². The number of aryl methyl sites for hydroxylation is 2. The van der Waals surface area contributed by atoms with Gasteiger partial charge < -0.3 is 9.88 Å². The van der Waals surface area contributed by atoms with Crippen LogP contribution < -0.4 is 5.56 Å². The van der Waals surface area contributed by atoms with Crippen molar-refractivity contribution < 1.29 is 13.2 Å². The normalized spacial score (nSPS) is 22.1. The van der Waals surface area contributed by atoms with Crippen LogP contribution in [0.1, 0.15) is 53.7 Å². The number of carbonyl (C=O) groups excluding carboxylic acids is 1. The van der Waals surface area contributed by atoms with Crippen molar-refractivity contribution >= 4 is 16.1 Å². The second-order valence-electron chi connectivity index (χ2n) is 7.88. The van der Waals surface area contributed by atoms with Crippen LogP contribution in [0.3, 0.4) is 0 Å². The Labute approximate surface area is 165 Å². The lowest BCUT2D eigenvalue weighted by Gasteiger charge is -2.31. The lowest BCUT2D eigenvalue weighted by atomic mass is 10.1. The van der Waals surface area contributed by atoms with Crippen molar-refractivity contribution in [2.45, 2.75) is 44.9 Å². The smallest absolute Gasteiger partial charge is 0.282 e. The number of rotatable bonds is 3. The van der Waals surface area contributed by atoms with Gasteiger partial charge in [-0.05, 0) is 50.2 Å². The van der Waals surface area contributed by atoms with E-state index in [1.165, 1.54) is 4.31 Å². The number of nitrogens with zero attached hydrogens (tertiary/aromatic N) is 3. The van der Waals surface area contributed by atoms with Gasteiger partial charge in [0, 0.05) is 45.0 Å². The predicted octanol–water partition coefficient (Wildman–Crippen LogP) is 0.742. The summed E-state index contributed by atoms with van der Waals surface area (Å²) in [6.07, 6.45) is 6.18. The zero-order chi connectivity index (χ0) is 19.7. The molecule has 8 nitrogen and oxygen atoms in total. The summed E-state index contributed by atoms with van der Waals surface area (Å²) in [6, 6.07) is 1.73. The standard InChI is InChI=1S/C19H28N4O4S/c24-18-16(14-15-6-4-7-17(15)20-18)19(25)21-8-5-11-23(13-12-21)28(26,27)22-9-2-1-3-10-22/h14H,1-13H2,(H,20,24). The first-order chi connectivity index (χ1) is 13.5. The number of piperidine rings is 1. The predicted molar refractivity (Wildman–Crippen MR) is 106 cm³/mol. The molecule has 0 bridgehead atoms. The Morgan fingerprint density at radius 3 is 2.36 bits per heavy atom. The number of pyridine rings is 1. The van der Waals surface area contributed by atoms with Crippen LogP contribution in [0.4, 0.5) is 0 Å². The molecule has 1 N–H and O–H groups in total.